The van der Waals surface area contributed by atoms with Crippen molar-refractivity contribution in [3.05, 3.63) is 0 Å². The number of nitrogens with one attached hydrogen (secondary N) is 1. The van der Waals surface area contributed by atoms with Crippen LogP contribution >= 0.6 is 0 Å². The van der Waals surface area contributed by atoms with Gasteiger partial charge in [0.25, 0.3) is 0 Å². The van der Waals surface area contributed by atoms with Gasteiger partial charge in [0.2, 0.25) is 0 Å². The topological polar surface area (TPSA) is 24.5 Å². The first kappa shape index (κ1) is 14.3. The molecule has 1 N–H and O–H groups in total. The van der Waals surface area contributed by atoms with Crippen LogP contribution in [0.5, 0.6) is 0 Å². The lowest BCUT2D eigenvalue weighted by atomic mass is 9.80. The molecule has 0 radical (unpaired) electrons. The van der Waals surface area contributed by atoms with Gasteiger partial charge in [0.1, 0.15) is 0 Å². The lowest BCUT2D eigenvalue weighted by molar-refractivity contribution is 0.0973. The van der Waals surface area contributed by atoms with E-state index in [2.05, 4.69) is 10.2 Å². The van der Waals surface area contributed by atoms with E-state index in [-0.39, 0.29) is 0 Å². The minimum atomic E-state index is 0.475. The van der Waals surface area contributed by atoms with Crippen molar-refractivity contribution in [2.75, 3.05) is 39.9 Å². The first-order valence-corrected chi connectivity index (χ1v) is 7.81. The lowest BCUT2D eigenvalue weighted by Gasteiger charge is -2.46. The van der Waals surface area contributed by atoms with Crippen LogP contribution < -0.4 is 5.32 Å². The first-order chi connectivity index (χ1) is 8.85. The molecule has 2 fully saturated rings. The Kier molecular flexibility index (Phi) is 5.93. The molecule has 1 spiro atoms. The fourth-order valence-electron chi connectivity index (χ4n) is 3.56. The molecule has 1 aliphatic heterocycles. The normalized spacial score (nSPS) is 24.5. The number of hydrogen-bond acceptors (Lipinski definition) is 3. The second-order valence-electron chi connectivity index (χ2n) is 6.10. The highest BCUT2D eigenvalue weighted by atomic mass is 16.5. The van der Waals surface area contributed by atoms with Crippen molar-refractivity contribution < 1.29 is 4.74 Å². The van der Waals surface area contributed by atoms with E-state index in [0.29, 0.717) is 5.54 Å². The minimum Gasteiger partial charge on any atom is -0.385 e. The molecule has 1 heterocycles. The van der Waals surface area contributed by atoms with Crippen LogP contribution in [0.25, 0.3) is 0 Å². The van der Waals surface area contributed by atoms with Crippen molar-refractivity contribution in [2.24, 2.45) is 0 Å². The summed E-state index contributed by atoms with van der Waals surface area (Å²) in [4.78, 5) is 2.69. The zero-order valence-corrected chi connectivity index (χ0v) is 12.0. The van der Waals surface area contributed by atoms with E-state index in [4.69, 9.17) is 4.74 Å². The highest BCUT2D eigenvalue weighted by Crippen LogP contribution is 2.30. The molecule has 0 aromatic carbocycles. The molecular weight excluding hydrogens is 224 g/mol. The van der Waals surface area contributed by atoms with Crippen LogP contribution in [0, 0.1) is 0 Å². The predicted octanol–water partition coefficient (Wildman–Crippen LogP) is 2.41. The van der Waals surface area contributed by atoms with E-state index < -0.39 is 0 Å². The van der Waals surface area contributed by atoms with E-state index in [1.807, 2.05) is 0 Å². The van der Waals surface area contributed by atoms with Gasteiger partial charge in [0.15, 0.2) is 0 Å². The summed E-state index contributed by atoms with van der Waals surface area (Å²) < 4.78 is 5.10. The highest BCUT2D eigenvalue weighted by molar-refractivity contribution is 4.96. The zero-order valence-electron chi connectivity index (χ0n) is 12.0. The van der Waals surface area contributed by atoms with Gasteiger partial charge in [-0.2, -0.15) is 0 Å². The summed E-state index contributed by atoms with van der Waals surface area (Å²) in [5.74, 6) is 0. The molecule has 1 aliphatic carbocycles. The summed E-state index contributed by atoms with van der Waals surface area (Å²) in [6.07, 6.45) is 10.9. The smallest absolute Gasteiger partial charge is 0.0462 e. The van der Waals surface area contributed by atoms with E-state index in [9.17, 15) is 0 Å². The van der Waals surface area contributed by atoms with Crippen LogP contribution in [0.3, 0.4) is 0 Å². The quantitative estimate of drug-likeness (QED) is 0.737. The molecule has 106 valence electrons. The van der Waals surface area contributed by atoms with E-state index in [1.54, 1.807) is 7.11 Å². The van der Waals surface area contributed by atoms with Gasteiger partial charge in [-0.05, 0) is 38.6 Å². The standard InChI is InChI=1S/C15H30N2O/c1-18-13-7-3-6-11-17-12-10-16-15(14-17)8-4-2-5-9-15/h16H,2-14H2,1H3. The van der Waals surface area contributed by atoms with E-state index in [0.717, 1.165) is 6.61 Å². The SMILES string of the molecule is COCCCCCN1CCNC2(CCCCC2)C1. The predicted molar refractivity (Wildman–Crippen MR) is 76.0 cm³/mol. The van der Waals surface area contributed by atoms with Gasteiger partial charge < -0.3 is 15.0 Å². The average Bonchev–Trinajstić information content (AvgIpc) is 2.40. The molecule has 0 aromatic heterocycles. The van der Waals surface area contributed by atoms with Gasteiger partial charge in [0, 0.05) is 38.9 Å². The Labute approximate surface area is 112 Å². The molecule has 1 saturated heterocycles. The average molecular weight is 254 g/mol. The van der Waals surface area contributed by atoms with Crippen molar-refractivity contribution in [3.8, 4) is 0 Å². The van der Waals surface area contributed by atoms with Gasteiger partial charge in [-0.25, -0.2) is 0 Å². The monoisotopic (exact) mass is 254 g/mol. The highest BCUT2D eigenvalue weighted by Gasteiger charge is 2.35. The second kappa shape index (κ2) is 7.46. The number of methoxy groups -OCH3 is 1. The Bertz CT molecular complexity index is 221. The van der Waals surface area contributed by atoms with Crippen LogP contribution in [-0.4, -0.2) is 50.3 Å². The number of unbranched alkanes of at least 4 members (excludes halogenated alkanes) is 2. The summed E-state index contributed by atoms with van der Waals surface area (Å²) in [6.45, 7) is 5.93. The van der Waals surface area contributed by atoms with Crippen molar-refractivity contribution in [1.29, 1.82) is 0 Å². The second-order valence-corrected chi connectivity index (χ2v) is 6.10. The Balaban J connectivity index is 1.66. The Morgan fingerprint density at radius 2 is 1.94 bits per heavy atom. The summed E-state index contributed by atoms with van der Waals surface area (Å²) in [7, 11) is 1.79. The number of hydrogen-bond donors (Lipinski definition) is 1. The van der Waals surface area contributed by atoms with Gasteiger partial charge in [0.05, 0.1) is 0 Å². The maximum Gasteiger partial charge on any atom is 0.0462 e. The van der Waals surface area contributed by atoms with Crippen LogP contribution in [-0.2, 0) is 4.74 Å². The molecular formula is C15H30N2O. The number of rotatable bonds is 6. The molecule has 2 rings (SSSR count). The molecule has 3 heteroatoms. The molecule has 0 atom stereocenters. The lowest BCUT2D eigenvalue weighted by Crippen LogP contribution is -2.61. The molecule has 1 saturated carbocycles. The van der Waals surface area contributed by atoms with Crippen molar-refractivity contribution in [1.82, 2.24) is 10.2 Å². The van der Waals surface area contributed by atoms with Gasteiger partial charge in [-0.15, -0.1) is 0 Å². The number of piperazine rings is 1. The molecule has 0 bridgehead atoms. The van der Waals surface area contributed by atoms with E-state index >= 15 is 0 Å². The van der Waals surface area contributed by atoms with Crippen molar-refractivity contribution in [3.63, 3.8) is 0 Å². The third kappa shape index (κ3) is 4.22. The summed E-state index contributed by atoms with van der Waals surface area (Å²) >= 11 is 0. The van der Waals surface area contributed by atoms with Crippen molar-refractivity contribution >= 4 is 0 Å². The van der Waals surface area contributed by atoms with Gasteiger partial charge >= 0.3 is 0 Å². The fraction of sp³-hybridized carbons (Fsp3) is 1.00. The Morgan fingerprint density at radius 1 is 1.11 bits per heavy atom. The van der Waals surface area contributed by atoms with Crippen LogP contribution in [0.2, 0.25) is 0 Å². The number of nitrogens with zero attached hydrogens (tertiary/aromatic N) is 1. The fourth-order valence-corrected chi connectivity index (χ4v) is 3.56. The minimum absolute atomic E-state index is 0.475. The largest absolute Gasteiger partial charge is 0.385 e. The third-order valence-corrected chi connectivity index (χ3v) is 4.59. The first-order valence-electron chi connectivity index (χ1n) is 7.81. The number of ether oxygens (including phenoxy) is 1. The Morgan fingerprint density at radius 3 is 2.72 bits per heavy atom. The summed E-state index contributed by atoms with van der Waals surface area (Å²) in [5.41, 5.74) is 0.475. The summed E-state index contributed by atoms with van der Waals surface area (Å²) in [6, 6.07) is 0. The Hall–Kier alpha value is -0.120. The van der Waals surface area contributed by atoms with Crippen LogP contribution in [0.1, 0.15) is 51.4 Å². The molecule has 0 unspecified atom stereocenters. The molecule has 0 aromatic rings. The maximum absolute atomic E-state index is 5.10. The van der Waals surface area contributed by atoms with Gasteiger partial charge in [-0.3, -0.25) is 0 Å². The van der Waals surface area contributed by atoms with Crippen molar-refractivity contribution in [2.45, 2.75) is 56.9 Å². The zero-order chi connectivity index (χ0) is 12.7. The molecule has 0 amide bonds. The third-order valence-electron chi connectivity index (χ3n) is 4.59. The maximum atomic E-state index is 5.10. The molecule has 2 aliphatic rings. The van der Waals surface area contributed by atoms with Crippen LogP contribution in [0.4, 0.5) is 0 Å². The van der Waals surface area contributed by atoms with Crippen LogP contribution in [0.15, 0.2) is 0 Å². The van der Waals surface area contributed by atoms with E-state index in [1.165, 1.54) is 77.5 Å². The summed E-state index contributed by atoms with van der Waals surface area (Å²) in [5, 5.41) is 3.81. The molecule has 3 nitrogen and oxygen atoms in total. The van der Waals surface area contributed by atoms with Gasteiger partial charge in [-0.1, -0.05) is 19.3 Å². The molecule has 18 heavy (non-hydrogen) atoms.